The second-order valence-electron chi connectivity index (χ2n) is 4.99. The summed E-state index contributed by atoms with van der Waals surface area (Å²) in [6.07, 6.45) is -4.93. The zero-order valence-electron chi connectivity index (χ0n) is 10.9. The number of esters is 1. The molecule has 8 heteroatoms. The molecule has 110 valence electrons. The zero-order chi connectivity index (χ0) is 15.7. The summed E-state index contributed by atoms with van der Waals surface area (Å²) in [7, 11) is 0. The van der Waals surface area contributed by atoms with E-state index in [0.29, 0.717) is 12.1 Å². The molecule has 1 aromatic rings. The lowest BCUT2D eigenvalue weighted by molar-refractivity contribution is -0.388. The maximum Gasteiger partial charge on any atom is 0.423 e. The van der Waals surface area contributed by atoms with Gasteiger partial charge in [-0.25, -0.2) is 4.79 Å². The molecule has 0 bridgehead atoms. The van der Waals surface area contributed by atoms with Crippen LogP contribution < -0.4 is 0 Å². The fourth-order valence-corrected chi connectivity index (χ4v) is 1.39. The summed E-state index contributed by atoms with van der Waals surface area (Å²) in [6.45, 7) is 4.67. The molecule has 1 aromatic carbocycles. The molecule has 0 unspecified atom stereocenters. The lowest BCUT2D eigenvalue weighted by Gasteiger charge is -2.19. The number of nitrogens with zero attached hydrogens (tertiary/aromatic N) is 1. The first-order valence-electron chi connectivity index (χ1n) is 5.51. The van der Waals surface area contributed by atoms with Gasteiger partial charge in [-0.05, 0) is 32.9 Å². The Morgan fingerprint density at radius 3 is 2.20 bits per heavy atom. The molecular weight excluding hydrogens is 279 g/mol. The Hall–Kier alpha value is -2.12. The lowest BCUT2D eigenvalue weighted by Crippen LogP contribution is -2.24. The van der Waals surface area contributed by atoms with Crippen molar-refractivity contribution in [2.45, 2.75) is 32.5 Å². The van der Waals surface area contributed by atoms with E-state index >= 15 is 0 Å². The van der Waals surface area contributed by atoms with Crippen LogP contribution in [-0.4, -0.2) is 16.5 Å². The van der Waals surface area contributed by atoms with Crippen LogP contribution >= 0.6 is 0 Å². The fourth-order valence-electron chi connectivity index (χ4n) is 1.39. The van der Waals surface area contributed by atoms with Crippen molar-refractivity contribution in [2.24, 2.45) is 0 Å². The molecule has 0 amide bonds. The van der Waals surface area contributed by atoms with E-state index < -0.39 is 39.5 Å². The number of carbonyl (C=O) groups excluding carboxylic acids is 1. The Balaban J connectivity index is 3.27. The van der Waals surface area contributed by atoms with Gasteiger partial charge >= 0.3 is 12.1 Å². The number of nitro groups is 1. The van der Waals surface area contributed by atoms with E-state index in [1.807, 2.05) is 0 Å². The summed E-state index contributed by atoms with van der Waals surface area (Å²) < 4.78 is 43.1. The topological polar surface area (TPSA) is 69.4 Å². The summed E-state index contributed by atoms with van der Waals surface area (Å²) in [6, 6.07) is 2.00. The first-order valence-corrected chi connectivity index (χ1v) is 5.51. The Morgan fingerprint density at radius 2 is 1.80 bits per heavy atom. The maximum absolute atomic E-state index is 12.7. The lowest BCUT2D eigenvalue weighted by atomic mass is 10.1. The minimum atomic E-state index is -4.93. The SMILES string of the molecule is CC(C)(C)OC(=O)c1ccc([N+](=O)[O-])c(C(F)(F)F)c1. The van der Waals surface area contributed by atoms with Crippen LogP contribution in [0, 0.1) is 10.1 Å². The van der Waals surface area contributed by atoms with Gasteiger partial charge in [0, 0.05) is 6.07 Å². The first kappa shape index (κ1) is 15.9. The molecule has 0 saturated heterocycles. The highest BCUT2D eigenvalue weighted by molar-refractivity contribution is 5.90. The molecule has 0 saturated carbocycles. The number of alkyl halides is 3. The van der Waals surface area contributed by atoms with Crippen LogP contribution in [-0.2, 0) is 10.9 Å². The van der Waals surface area contributed by atoms with Crippen molar-refractivity contribution in [1.29, 1.82) is 0 Å². The van der Waals surface area contributed by atoms with Crippen LogP contribution in [0.4, 0.5) is 18.9 Å². The molecule has 0 heterocycles. The number of ether oxygens (including phenoxy) is 1. The van der Waals surface area contributed by atoms with Gasteiger partial charge in [0.15, 0.2) is 0 Å². The Labute approximate surface area is 112 Å². The Morgan fingerprint density at radius 1 is 1.25 bits per heavy atom. The number of carbonyl (C=O) groups is 1. The van der Waals surface area contributed by atoms with Crippen molar-refractivity contribution in [3.63, 3.8) is 0 Å². The number of hydrogen-bond donors (Lipinski definition) is 0. The molecule has 0 aliphatic heterocycles. The van der Waals surface area contributed by atoms with Crippen LogP contribution in [0.5, 0.6) is 0 Å². The molecule has 0 aromatic heterocycles. The first-order chi connectivity index (χ1) is 8.92. The average molecular weight is 291 g/mol. The van der Waals surface area contributed by atoms with Crippen molar-refractivity contribution >= 4 is 11.7 Å². The van der Waals surface area contributed by atoms with Crippen LogP contribution in [0.1, 0.15) is 36.7 Å². The summed E-state index contributed by atoms with van der Waals surface area (Å²) in [5, 5.41) is 10.6. The van der Waals surface area contributed by atoms with Gasteiger partial charge in [0.05, 0.1) is 10.5 Å². The summed E-state index contributed by atoms with van der Waals surface area (Å²) in [5.41, 5.74) is -3.86. The Kier molecular flexibility index (Phi) is 4.07. The largest absolute Gasteiger partial charge is 0.456 e. The molecule has 0 atom stereocenters. The van der Waals surface area contributed by atoms with Gasteiger partial charge < -0.3 is 4.74 Å². The van der Waals surface area contributed by atoms with E-state index in [1.165, 1.54) is 0 Å². The predicted molar refractivity (Wildman–Crippen MR) is 63.3 cm³/mol. The minimum Gasteiger partial charge on any atom is -0.456 e. The molecule has 20 heavy (non-hydrogen) atoms. The number of halogens is 3. The smallest absolute Gasteiger partial charge is 0.423 e. The van der Waals surface area contributed by atoms with Crippen molar-refractivity contribution in [1.82, 2.24) is 0 Å². The molecule has 0 spiro atoms. The van der Waals surface area contributed by atoms with Crippen LogP contribution in [0.3, 0.4) is 0 Å². The molecule has 5 nitrogen and oxygen atoms in total. The Bertz CT molecular complexity index is 547. The molecular formula is C12H12F3NO4. The highest BCUT2D eigenvalue weighted by atomic mass is 19.4. The van der Waals surface area contributed by atoms with E-state index in [9.17, 15) is 28.1 Å². The van der Waals surface area contributed by atoms with Crippen LogP contribution in [0.15, 0.2) is 18.2 Å². The van der Waals surface area contributed by atoms with Gasteiger partial charge in [-0.1, -0.05) is 0 Å². The minimum absolute atomic E-state index is 0.391. The summed E-state index contributed by atoms with van der Waals surface area (Å²) in [5.74, 6) is -0.974. The second kappa shape index (κ2) is 5.10. The highest BCUT2D eigenvalue weighted by Crippen LogP contribution is 2.36. The van der Waals surface area contributed by atoms with Crippen molar-refractivity contribution in [3.8, 4) is 0 Å². The van der Waals surface area contributed by atoms with Gasteiger partial charge in [-0.3, -0.25) is 10.1 Å². The average Bonchev–Trinajstić information content (AvgIpc) is 2.24. The summed E-state index contributed by atoms with van der Waals surface area (Å²) >= 11 is 0. The number of nitro benzene ring substituents is 1. The van der Waals surface area contributed by atoms with E-state index in [1.54, 1.807) is 20.8 Å². The normalized spacial score (nSPS) is 12.1. The highest BCUT2D eigenvalue weighted by Gasteiger charge is 2.39. The van der Waals surface area contributed by atoms with E-state index in [-0.39, 0.29) is 0 Å². The molecule has 1 rings (SSSR count). The monoisotopic (exact) mass is 291 g/mol. The van der Waals surface area contributed by atoms with Crippen LogP contribution in [0.2, 0.25) is 0 Å². The number of hydrogen-bond acceptors (Lipinski definition) is 4. The predicted octanol–water partition coefficient (Wildman–Crippen LogP) is 3.57. The maximum atomic E-state index is 12.7. The van der Waals surface area contributed by atoms with Crippen LogP contribution in [0.25, 0.3) is 0 Å². The van der Waals surface area contributed by atoms with E-state index in [2.05, 4.69) is 0 Å². The molecule has 0 aliphatic carbocycles. The third-order valence-corrected chi connectivity index (χ3v) is 2.13. The van der Waals surface area contributed by atoms with Gasteiger partial charge in [0.25, 0.3) is 5.69 Å². The van der Waals surface area contributed by atoms with E-state index in [0.717, 1.165) is 6.07 Å². The van der Waals surface area contributed by atoms with Gasteiger partial charge in [0.1, 0.15) is 11.2 Å². The third-order valence-electron chi connectivity index (χ3n) is 2.13. The third kappa shape index (κ3) is 3.94. The van der Waals surface area contributed by atoms with Gasteiger partial charge in [-0.15, -0.1) is 0 Å². The molecule has 0 fully saturated rings. The molecule has 0 N–H and O–H groups in total. The van der Waals surface area contributed by atoms with Crippen molar-refractivity contribution in [3.05, 3.63) is 39.4 Å². The van der Waals surface area contributed by atoms with Crippen molar-refractivity contribution < 1.29 is 27.6 Å². The number of benzene rings is 1. The van der Waals surface area contributed by atoms with E-state index in [4.69, 9.17) is 4.74 Å². The zero-order valence-corrected chi connectivity index (χ0v) is 10.9. The molecule has 0 aliphatic rings. The summed E-state index contributed by atoms with van der Waals surface area (Å²) in [4.78, 5) is 21.1. The molecule has 0 radical (unpaired) electrons. The quantitative estimate of drug-likeness (QED) is 0.474. The number of rotatable bonds is 2. The van der Waals surface area contributed by atoms with Gasteiger partial charge in [-0.2, -0.15) is 13.2 Å². The standard InChI is InChI=1S/C12H12F3NO4/c1-11(2,3)20-10(17)7-4-5-9(16(18)19)8(6-7)12(13,14)15/h4-6H,1-3H3. The van der Waals surface area contributed by atoms with Gasteiger partial charge in [0.2, 0.25) is 0 Å². The second-order valence-corrected chi connectivity index (χ2v) is 4.99. The van der Waals surface area contributed by atoms with Crippen molar-refractivity contribution in [2.75, 3.05) is 0 Å². The fraction of sp³-hybridized carbons (Fsp3) is 0.417.